The molecule has 0 saturated heterocycles. The Morgan fingerprint density at radius 1 is 1.04 bits per heavy atom. The summed E-state index contributed by atoms with van der Waals surface area (Å²) in [6, 6.07) is 11.4. The van der Waals surface area contributed by atoms with Crippen LogP contribution in [0, 0.1) is 17.8 Å². The number of nitrogen functional groups attached to an aromatic ring is 1. The van der Waals surface area contributed by atoms with Crippen molar-refractivity contribution >= 4 is 44.8 Å². The molecule has 3 N–H and O–H groups in total. The molecule has 0 heterocycles. The van der Waals surface area contributed by atoms with Crippen LogP contribution in [0.15, 0.2) is 40.9 Å². The molecule has 4 aliphatic carbocycles. The first-order valence-corrected chi connectivity index (χ1v) is 11.3. The molecule has 6 rings (SSSR count). The highest BCUT2D eigenvalue weighted by Gasteiger charge is 2.51. The molecule has 4 aliphatic rings. The first kappa shape index (κ1) is 18.5. The third-order valence-electron chi connectivity index (χ3n) is 7.10. The summed E-state index contributed by atoms with van der Waals surface area (Å²) in [6.45, 7) is 0. The Morgan fingerprint density at radius 3 is 2.29 bits per heavy atom. The number of hydrogen-bond acceptors (Lipinski definition) is 2. The van der Waals surface area contributed by atoms with Crippen molar-refractivity contribution in [3.63, 3.8) is 0 Å². The van der Waals surface area contributed by atoms with E-state index in [1.54, 1.807) is 18.2 Å². The summed E-state index contributed by atoms with van der Waals surface area (Å²) < 4.78 is 0.925. The van der Waals surface area contributed by atoms with Crippen LogP contribution in [0.2, 0.25) is 5.02 Å². The minimum absolute atomic E-state index is 0.249. The molecule has 1 amide bonds. The Morgan fingerprint density at radius 2 is 1.68 bits per heavy atom. The number of carbonyl (C=O) groups excluding carboxylic acids is 1. The van der Waals surface area contributed by atoms with Gasteiger partial charge in [-0.25, -0.2) is 0 Å². The second kappa shape index (κ2) is 6.77. The normalized spacial score (nSPS) is 30.4. The highest BCUT2D eigenvalue weighted by Crippen LogP contribution is 2.61. The zero-order valence-corrected chi connectivity index (χ0v) is 18.0. The molecule has 0 radical (unpaired) electrons. The molecule has 3 nitrogen and oxygen atoms in total. The zero-order valence-electron chi connectivity index (χ0n) is 15.7. The molecule has 4 bridgehead atoms. The van der Waals surface area contributed by atoms with Crippen LogP contribution in [0.5, 0.6) is 0 Å². The lowest BCUT2D eigenvalue weighted by atomic mass is 9.48. The zero-order chi connectivity index (χ0) is 19.5. The summed E-state index contributed by atoms with van der Waals surface area (Å²) >= 11 is 9.86. The van der Waals surface area contributed by atoms with Gasteiger partial charge in [0.25, 0.3) is 5.91 Å². The minimum atomic E-state index is -0.249. The predicted octanol–water partition coefficient (Wildman–Crippen LogP) is 6.40. The Kier molecular flexibility index (Phi) is 4.48. The SMILES string of the molecule is Nc1ccc(Cl)c(C(=O)Nc2ccc(C34CC5CC(CC(C5)C3)C4)cc2Br)c1. The van der Waals surface area contributed by atoms with E-state index in [-0.39, 0.29) is 5.91 Å². The number of anilines is 2. The first-order chi connectivity index (χ1) is 13.4. The lowest BCUT2D eigenvalue weighted by molar-refractivity contribution is -0.00520. The van der Waals surface area contributed by atoms with Crippen LogP contribution >= 0.6 is 27.5 Å². The monoisotopic (exact) mass is 458 g/mol. The number of nitrogens with two attached hydrogens (primary N) is 1. The van der Waals surface area contributed by atoms with Crippen LogP contribution in [0.1, 0.15) is 54.4 Å². The lowest BCUT2D eigenvalue weighted by Gasteiger charge is -2.57. The van der Waals surface area contributed by atoms with Gasteiger partial charge < -0.3 is 11.1 Å². The van der Waals surface area contributed by atoms with Crippen molar-refractivity contribution in [1.29, 1.82) is 0 Å². The van der Waals surface area contributed by atoms with E-state index in [2.05, 4.69) is 33.4 Å². The van der Waals surface area contributed by atoms with Gasteiger partial charge in [0, 0.05) is 10.2 Å². The molecule has 2 aromatic rings. The molecular formula is C23H24BrClN2O. The van der Waals surface area contributed by atoms with Gasteiger partial charge in [0.2, 0.25) is 0 Å². The van der Waals surface area contributed by atoms with Crippen LogP contribution in [0.25, 0.3) is 0 Å². The summed E-state index contributed by atoms with van der Waals surface area (Å²) in [5, 5.41) is 3.37. The average Bonchev–Trinajstić information content (AvgIpc) is 2.64. The molecular weight excluding hydrogens is 436 g/mol. The number of benzene rings is 2. The van der Waals surface area contributed by atoms with Gasteiger partial charge in [-0.05, 0) is 114 Å². The van der Waals surface area contributed by atoms with E-state index in [0.29, 0.717) is 21.7 Å². The molecule has 5 heteroatoms. The van der Waals surface area contributed by atoms with E-state index in [4.69, 9.17) is 17.3 Å². The second-order valence-corrected chi connectivity index (χ2v) is 10.3. The molecule has 2 aromatic carbocycles. The second-order valence-electron chi connectivity index (χ2n) is 9.09. The molecule has 146 valence electrons. The number of nitrogens with one attached hydrogen (secondary N) is 1. The smallest absolute Gasteiger partial charge is 0.257 e. The van der Waals surface area contributed by atoms with Gasteiger partial charge in [0.05, 0.1) is 16.3 Å². The van der Waals surface area contributed by atoms with Crippen molar-refractivity contribution in [2.45, 2.75) is 43.9 Å². The van der Waals surface area contributed by atoms with Crippen LogP contribution in [0.3, 0.4) is 0 Å². The molecule has 0 spiro atoms. The van der Waals surface area contributed by atoms with Crippen LogP contribution in [-0.4, -0.2) is 5.91 Å². The maximum Gasteiger partial charge on any atom is 0.257 e. The summed E-state index contributed by atoms with van der Waals surface area (Å²) in [7, 11) is 0. The van der Waals surface area contributed by atoms with Crippen LogP contribution in [0.4, 0.5) is 11.4 Å². The van der Waals surface area contributed by atoms with Crippen molar-refractivity contribution < 1.29 is 4.79 Å². The Labute approximate surface area is 179 Å². The van der Waals surface area contributed by atoms with Gasteiger partial charge in [-0.1, -0.05) is 17.7 Å². The van der Waals surface area contributed by atoms with Gasteiger partial charge >= 0.3 is 0 Å². The van der Waals surface area contributed by atoms with E-state index in [9.17, 15) is 4.79 Å². The number of rotatable bonds is 3. The van der Waals surface area contributed by atoms with Crippen molar-refractivity contribution in [1.82, 2.24) is 0 Å². The Bertz CT molecular complexity index is 922. The Balaban J connectivity index is 1.40. The number of amides is 1. The van der Waals surface area contributed by atoms with Crippen molar-refractivity contribution in [2.75, 3.05) is 11.1 Å². The largest absolute Gasteiger partial charge is 0.399 e. The summed E-state index contributed by atoms with van der Waals surface area (Å²) in [5.74, 6) is 2.49. The maximum absolute atomic E-state index is 12.7. The van der Waals surface area contributed by atoms with Gasteiger partial charge in [0.15, 0.2) is 0 Å². The average molecular weight is 460 g/mol. The summed E-state index contributed by atoms with van der Waals surface area (Å²) in [6.07, 6.45) is 8.31. The van der Waals surface area contributed by atoms with E-state index in [1.165, 1.54) is 44.1 Å². The fourth-order valence-corrected chi connectivity index (χ4v) is 7.00. The standard InChI is InChI=1S/C23H24BrClN2O/c24-19-8-16(23-10-13-5-14(11-23)7-15(6-13)12-23)1-4-21(19)27-22(28)18-9-17(26)2-3-20(18)25/h1-4,8-9,13-15H,5-7,10-12,26H2,(H,27,28). The van der Waals surface area contributed by atoms with Gasteiger partial charge in [-0.15, -0.1) is 0 Å². The van der Waals surface area contributed by atoms with Crippen LogP contribution in [-0.2, 0) is 5.41 Å². The lowest BCUT2D eigenvalue weighted by Crippen LogP contribution is -2.48. The number of carbonyl (C=O) groups is 1. The Hall–Kier alpha value is -1.52. The van der Waals surface area contributed by atoms with E-state index in [0.717, 1.165) is 27.9 Å². The predicted molar refractivity (Wildman–Crippen MR) is 118 cm³/mol. The quantitative estimate of drug-likeness (QED) is 0.521. The van der Waals surface area contributed by atoms with Crippen molar-refractivity contribution in [3.05, 3.63) is 57.0 Å². The maximum atomic E-state index is 12.7. The summed E-state index contributed by atoms with van der Waals surface area (Å²) in [5.41, 5.74) is 9.25. The third kappa shape index (κ3) is 3.15. The molecule has 0 atom stereocenters. The highest BCUT2D eigenvalue weighted by molar-refractivity contribution is 9.10. The van der Waals surface area contributed by atoms with Crippen molar-refractivity contribution in [2.24, 2.45) is 17.8 Å². The molecule has 28 heavy (non-hydrogen) atoms. The van der Waals surface area contributed by atoms with Gasteiger partial charge in [-0.3, -0.25) is 4.79 Å². The summed E-state index contributed by atoms with van der Waals surface area (Å²) in [4.78, 5) is 12.7. The number of hydrogen-bond donors (Lipinski definition) is 2. The van der Waals surface area contributed by atoms with Gasteiger partial charge in [-0.2, -0.15) is 0 Å². The van der Waals surface area contributed by atoms with E-state index >= 15 is 0 Å². The van der Waals surface area contributed by atoms with Crippen LogP contribution < -0.4 is 11.1 Å². The first-order valence-electron chi connectivity index (χ1n) is 10.1. The third-order valence-corrected chi connectivity index (χ3v) is 8.09. The van der Waals surface area contributed by atoms with Crippen molar-refractivity contribution in [3.8, 4) is 0 Å². The topological polar surface area (TPSA) is 55.1 Å². The molecule has 0 unspecified atom stereocenters. The molecule has 0 aromatic heterocycles. The minimum Gasteiger partial charge on any atom is -0.399 e. The fraction of sp³-hybridized carbons (Fsp3) is 0.435. The van der Waals surface area contributed by atoms with E-state index in [1.807, 2.05) is 6.07 Å². The van der Waals surface area contributed by atoms with E-state index < -0.39 is 0 Å². The van der Waals surface area contributed by atoms with Gasteiger partial charge in [0.1, 0.15) is 0 Å². The molecule has 4 fully saturated rings. The number of halogens is 2. The highest BCUT2D eigenvalue weighted by atomic mass is 79.9. The molecule has 4 saturated carbocycles. The fourth-order valence-electron chi connectivity index (χ4n) is 6.32. The molecule has 0 aliphatic heterocycles.